The van der Waals surface area contributed by atoms with Gasteiger partial charge in [0.15, 0.2) is 11.0 Å². The predicted octanol–water partition coefficient (Wildman–Crippen LogP) is 0.167. The Morgan fingerprint density at radius 1 is 1.44 bits per heavy atom. The summed E-state index contributed by atoms with van der Waals surface area (Å²) in [6, 6.07) is 1.29. The minimum atomic E-state index is -0.691. The third kappa shape index (κ3) is 4.17. The van der Waals surface area contributed by atoms with Gasteiger partial charge in [-0.2, -0.15) is 0 Å². The molecule has 0 spiro atoms. The Morgan fingerprint density at radius 2 is 2.17 bits per heavy atom. The van der Waals surface area contributed by atoms with Gasteiger partial charge in [0, 0.05) is 6.54 Å². The van der Waals surface area contributed by atoms with Gasteiger partial charge in [0.2, 0.25) is 5.91 Å². The number of hydrogen-bond donors (Lipinski definition) is 3. The summed E-state index contributed by atoms with van der Waals surface area (Å²) in [6.07, 6.45) is 0.846. The van der Waals surface area contributed by atoms with E-state index in [1.807, 2.05) is 6.92 Å². The summed E-state index contributed by atoms with van der Waals surface area (Å²) in [7, 11) is 0. The molecule has 0 aliphatic carbocycles. The van der Waals surface area contributed by atoms with Crippen molar-refractivity contribution in [3.05, 3.63) is 16.8 Å². The Kier molecular flexibility index (Phi) is 5.31. The lowest BCUT2D eigenvalue weighted by molar-refractivity contribution is -0.119. The first kappa shape index (κ1) is 14.2. The molecule has 98 valence electrons. The largest absolute Gasteiger partial charge is 0.365 e. The summed E-state index contributed by atoms with van der Waals surface area (Å²) < 4.78 is 0. The molecule has 1 aromatic rings. The number of rotatable bonds is 6. The molecule has 0 radical (unpaired) electrons. The normalized spacial score (nSPS) is 9.89. The third-order valence-corrected chi connectivity index (χ3v) is 2.20. The van der Waals surface area contributed by atoms with Gasteiger partial charge in [0.05, 0.1) is 12.1 Å². The maximum absolute atomic E-state index is 11.4. The molecule has 2 amide bonds. The molecule has 4 N–H and O–H groups in total. The lowest BCUT2D eigenvalue weighted by Gasteiger charge is -2.08. The highest BCUT2D eigenvalue weighted by atomic mass is 35.5. The van der Waals surface area contributed by atoms with E-state index in [9.17, 15) is 9.59 Å². The summed E-state index contributed by atoms with van der Waals surface area (Å²) in [6.45, 7) is 2.52. The van der Waals surface area contributed by atoms with Crippen LogP contribution in [-0.4, -0.2) is 35.1 Å². The zero-order valence-corrected chi connectivity index (χ0v) is 10.6. The Balaban J connectivity index is 2.67. The van der Waals surface area contributed by atoms with Crippen molar-refractivity contribution in [2.75, 3.05) is 18.4 Å². The van der Waals surface area contributed by atoms with E-state index >= 15 is 0 Å². The van der Waals surface area contributed by atoms with E-state index in [0.717, 1.165) is 6.42 Å². The highest BCUT2D eigenvalue weighted by molar-refractivity contribution is 6.29. The molecule has 1 aromatic heterocycles. The monoisotopic (exact) mass is 271 g/mol. The van der Waals surface area contributed by atoms with Crippen LogP contribution in [0.25, 0.3) is 0 Å². The molecule has 1 heterocycles. The first-order valence-electron chi connectivity index (χ1n) is 5.38. The van der Waals surface area contributed by atoms with E-state index in [4.69, 9.17) is 17.3 Å². The molecule has 0 aliphatic heterocycles. The number of aromatic nitrogens is 2. The molecule has 18 heavy (non-hydrogen) atoms. The number of nitrogens with one attached hydrogen (secondary N) is 2. The first-order chi connectivity index (χ1) is 8.54. The maximum Gasteiger partial charge on any atom is 0.252 e. The number of carbonyl (C=O) groups is 2. The fourth-order valence-corrected chi connectivity index (χ4v) is 1.32. The number of hydrogen-bond acceptors (Lipinski definition) is 5. The molecule has 1 rings (SSSR count). The van der Waals surface area contributed by atoms with Crippen molar-refractivity contribution in [3.63, 3.8) is 0 Å². The van der Waals surface area contributed by atoms with Gasteiger partial charge in [-0.25, -0.2) is 0 Å². The summed E-state index contributed by atoms with van der Waals surface area (Å²) in [5.74, 6) is -0.758. The van der Waals surface area contributed by atoms with Crippen LogP contribution in [0, 0.1) is 0 Å². The van der Waals surface area contributed by atoms with E-state index in [1.54, 1.807) is 0 Å². The van der Waals surface area contributed by atoms with Crippen molar-refractivity contribution in [2.24, 2.45) is 5.73 Å². The van der Waals surface area contributed by atoms with Gasteiger partial charge in [-0.1, -0.05) is 18.5 Å². The van der Waals surface area contributed by atoms with E-state index < -0.39 is 5.91 Å². The molecule has 7 nitrogen and oxygen atoms in total. The van der Waals surface area contributed by atoms with Crippen molar-refractivity contribution in [3.8, 4) is 0 Å². The quantitative estimate of drug-likeness (QED) is 0.683. The second-order valence-electron chi connectivity index (χ2n) is 3.50. The van der Waals surface area contributed by atoms with Gasteiger partial charge in [0.25, 0.3) is 5.91 Å². The fourth-order valence-electron chi connectivity index (χ4n) is 1.18. The predicted molar refractivity (Wildman–Crippen MR) is 67.4 cm³/mol. The number of primary amides is 1. The number of amides is 2. The van der Waals surface area contributed by atoms with Crippen LogP contribution < -0.4 is 16.4 Å². The molecule has 0 unspecified atom stereocenters. The van der Waals surface area contributed by atoms with Crippen molar-refractivity contribution < 1.29 is 9.59 Å². The molecule has 0 saturated carbocycles. The number of carbonyl (C=O) groups excluding carboxylic acids is 2. The molecule has 0 bridgehead atoms. The standard InChI is InChI=1S/C10H14ClN5O2/c1-2-3-13-8(17)5-14-10-6(9(12)18)4-7(11)15-16-10/h4H,2-3,5H2,1H3,(H2,12,18)(H,13,17)(H,14,16). The van der Waals surface area contributed by atoms with Crippen LogP contribution in [-0.2, 0) is 4.79 Å². The lowest BCUT2D eigenvalue weighted by atomic mass is 10.2. The highest BCUT2D eigenvalue weighted by Crippen LogP contribution is 2.14. The van der Waals surface area contributed by atoms with Gasteiger partial charge in [-0.05, 0) is 12.5 Å². The molecular weight excluding hydrogens is 258 g/mol. The Morgan fingerprint density at radius 3 is 2.78 bits per heavy atom. The van der Waals surface area contributed by atoms with Crippen LogP contribution in [0.1, 0.15) is 23.7 Å². The number of halogens is 1. The van der Waals surface area contributed by atoms with Crippen molar-refractivity contribution in [1.82, 2.24) is 15.5 Å². The average Bonchev–Trinajstić information content (AvgIpc) is 2.34. The third-order valence-electron chi connectivity index (χ3n) is 2.02. The molecule has 0 atom stereocenters. The Hall–Kier alpha value is -1.89. The van der Waals surface area contributed by atoms with Crippen molar-refractivity contribution in [1.29, 1.82) is 0 Å². The Bertz CT molecular complexity index is 452. The van der Waals surface area contributed by atoms with Gasteiger partial charge >= 0.3 is 0 Å². The van der Waals surface area contributed by atoms with Gasteiger partial charge in [-0.15, -0.1) is 10.2 Å². The van der Waals surface area contributed by atoms with Crippen LogP contribution in [0.3, 0.4) is 0 Å². The minimum absolute atomic E-state index is 0.0173. The molecule has 0 aromatic carbocycles. The molecular formula is C10H14ClN5O2. The zero-order chi connectivity index (χ0) is 13.5. The maximum atomic E-state index is 11.4. The van der Waals surface area contributed by atoms with Gasteiger partial charge < -0.3 is 16.4 Å². The van der Waals surface area contributed by atoms with Crippen LogP contribution in [0.4, 0.5) is 5.82 Å². The smallest absolute Gasteiger partial charge is 0.252 e. The zero-order valence-electron chi connectivity index (χ0n) is 9.86. The van der Waals surface area contributed by atoms with E-state index in [0.29, 0.717) is 6.54 Å². The second-order valence-corrected chi connectivity index (χ2v) is 3.88. The Labute approximate surface area is 109 Å². The van der Waals surface area contributed by atoms with Crippen LogP contribution in [0.5, 0.6) is 0 Å². The topological polar surface area (TPSA) is 110 Å². The van der Waals surface area contributed by atoms with Gasteiger partial charge in [-0.3, -0.25) is 9.59 Å². The van der Waals surface area contributed by atoms with Crippen molar-refractivity contribution in [2.45, 2.75) is 13.3 Å². The highest BCUT2D eigenvalue weighted by Gasteiger charge is 2.12. The summed E-state index contributed by atoms with van der Waals surface area (Å²) in [5, 5.41) is 12.7. The van der Waals surface area contributed by atoms with E-state index in [2.05, 4.69) is 20.8 Å². The van der Waals surface area contributed by atoms with Gasteiger partial charge in [0.1, 0.15) is 0 Å². The number of nitrogens with two attached hydrogens (primary N) is 1. The summed E-state index contributed by atoms with van der Waals surface area (Å²) >= 11 is 5.60. The van der Waals surface area contributed by atoms with E-state index in [1.165, 1.54) is 6.07 Å². The molecule has 8 heteroatoms. The van der Waals surface area contributed by atoms with Crippen LogP contribution >= 0.6 is 11.6 Å². The lowest BCUT2D eigenvalue weighted by Crippen LogP contribution is -2.31. The SMILES string of the molecule is CCCNC(=O)CNc1nnc(Cl)cc1C(N)=O. The number of nitrogens with zero attached hydrogens (tertiary/aromatic N) is 2. The average molecular weight is 272 g/mol. The van der Waals surface area contributed by atoms with E-state index in [-0.39, 0.29) is 29.0 Å². The van der Waals surface area contributed by atoms with Crippen molar-refractivity contribution >= 4 is 29.2 Å². The second kappa shape index (κ2) is 6.75. The molecule has 0 saturated heterocycles. The molecule has 0 aliphatic rings. The summed E-state index contributed by atoms with van der Waals surface area (Å²) in [4.78, 5) is 22.5. The molecule has 0 fully saturated rings. The first-order valence-corrected chi connectivity index (χ1v) is 5.76. The fraction of sp³-hybridized carbons (Fsp3) is 0.400. The summed E-state index contributed by atoms with van der Waals surface area (Å²) in [5.41, 5.74) is 5.26. The van der Waals surface area contributed by atoms with Crippen LogP contribution in [0.15, 0.2) is 6.07 Å². The van der Waals surface area contributed by atoms with Crippen LogP contribution in [0.2, 0.25) is 5.15 Å². The minimum Gasteiger partial charge on any atom is -0.365 e. The number of anilines is 1.